The van der Waals surface area contributed by atoms with E-state index in [1.807, 2.05) is 37.3 Å². The molecule has 1 aliphatic carbocycles. The van der Waals surface area contributed by atoms with Crippen molar-refractivity contribution in [2.45, 2.75) is 31.6 Å². The minimum Gasteiger partial charge on any atom is -0.493 e. The standard InChI is InChI=1S/C26H27NO5/c1-15-23(26(29)32-4)24(17-10-11-21(30-2)22(14-17)31-3)25-19(27-15)12-18(13-20(25)28)16-8-6-5-7-9-16/h5-11,14,18,24,27H,12-13H2,1-4H3/t18-,24+/m0/s1. The predicted molar refractivity (Wildman–Crippen MR) is 121 cm³/mol. The highest BCUT2D eigenvalue weighted by Gasteiger charge is 2.41. The molecular weight excluding hydrogens is 406 g/mol. The fourth-order valence-electron chi connectivity index (χ4n) is 4.75. The largest absolute Gasteiger partial charge is 0.493 e. The highest BCUT2D eigenvalue weighted by atomic mass is 16.5. The lowest BCUT2D eigenvalue weighted by Crippen LogP contribution is -2.36. The molecule has 0 amide bonds. The minimum absolute atomic E-state index is 0.0290. The zero-order valence-corrected chi connectivity index (χ0v) is 18.7. The van der Waals surface area contributed by atoms with E-state index in [9.17, 15) is 9.59 Å². The summed E-state index contributed by atoms with van der Waals surface area (Å²) in [6.45, 7) is 1.85. The summed E-state index contributed by atoms with van der Waals surface area (Å²) in [6, 6.07) is 15.6. The molecule has 2 atom stereocenters. The Labute approximate surface area is 187 Å². The Morgan fingerprint density at radius 1 is 0.938 bits per heavy atom. The molecule has 0 fully saturated rings. The van der Waals surface area contributed by atoms with Crippen LogP contribution in [0.25, 0.3) is 0 Å². The molecule has 2 aliphatic rings. The number of ketones is 1. The van der Waals surface area contributed by atoms with Crippen LogP contribution in [0, 0.1) is 0 Å². The molecular formula is C26H27NO5. The molecule has 6 heteroatoms. The van der Waals surface area contributed by atoms with E-state index in [-0.39, 0.29) is 11.7 Å². The van der Waals surface area contributed by atoms with Gasteiger partial charge >= 0.3 is 5.97 Å². The number of nitrogens with one attached hydrogen (secondary N) is 1. The van der Waals surface area contributed by atoms with Crippen LogP contribution < -0.4 is 14.8 Å². The van der Waals surface area contributed by atoms with E-state index in [1.165, 1.54) is 7.11 Å². The van der Waals surface area contributed by atoms with Crippen LogP contribution in [-0.2, 0) is 14.3 Å². The molecule has 0 aromatic heterocycles. The number of Topliss-reactive ketones (excluding diaryl/α,β-unsaturated/α-hetero) is 1. The summed E-state index contributed by atoms with van der Waals surface area (Å²) >= 11 is 0. The molecule has 1 aliphatic heterocycles. The SMILES string of the molecule is COC(=O)C1=C(C)NC2=C(C(=O)C[C@@H](c3ccccc3)C2)[C@@H]1c1ccc(OC)c(OC)c1. The van der Waals surface area contributed by atoms with Gasteiger partial charge in [0.1, 0.15) is 0 Å². The lowest BCUT2D eigenvalue weighted by atomic mass is 9.71. The maximum Gasteiger partial charge on any atom is 0.336 e. The van der Waals surface area contributed by atoms with Gasteiger partial charge in [-0.3, -0.25) is 4.79 Å². The van der Waals surface area contributed by atoms with Crippen molar-refractivity contribution in [3.05, 3.63) is 82.2 Å². The topological polar surface area (TPSA) is 73.9 Å². The fourth-order valence-corrected chi connectivity index (χ4v) is 4.75. The molecule has 1 N–H and O–H groups in total. The van der Waals surface area contributed by atoms with E-state index in [4.69, 9.17) is 14.2 Å². The van der Waals surface area contributed by atoms with Crippen LogP contribution in [0.15, 0.2) is 71.1 Å². The quantitative estimate of drug-likeness (QED) is 0.711. The van der Waals surface area contributed by atoms with Crippen LogP contribution in [0.4, 0.5) is 0 Å². The van der Waals surface area contributed by atoms with Gasteiger partial charge in [0.05, 0.1) is 26.9 Å². The summed E-state index contributed by atoms with van der Waals surface area (Å²) in [7, 11) is 4.49. The molecule has 0 saturated heterocycles. The maximum atomic E-state index is 13.5. The highest BCUT2D eigenvalue weighted by molar-refractivity contribution is 6.04. The van der Waals surface area contributed by atoms with Crippen LogP contribution in [0.5, 0.6) is 11.5 Å². The molecule has 1 heterocycles. The van der Waals surface area contributed by atoms with Gasteiger partial charge in [-0.25, -0.2) is 4.79 Å². The number of rotatable bonds is 5. The van der Waals surface area contributed by atoms with Crippen molar-refractivity contribution < 1.29 is 23.8 Å². The third kappa shape index (κ3) is 3.77. The van der Waals surface area contributed by atoms with Crippen LogP contribution in [0.3, 0.4) is 0 Å². The van der Waals surface area contributed by atoms with Crippen LogP contribution in [0.2, 0.25) is 0 Å². The molecule has 0 radical (unpaired) electrons. The number of methoxy groups -OCH3 is 3. The second kappa shape index (κ2) is 8.91. The van der Waals surface area contributed by atoms with Gasteiger partial charge in [0.15, 0.2) is 17.3 Å². The first-order valence-electron chi connectivity index (χ1n) is 10.6. The number of benzene rings is 2. The first-order valence-corrected chi connectivity index (χ1v) is 10.6. The van der Waals surface area contributed by atoms with Gasteiger partial charge in [-0.05, 0) is 42.5 Å². The van der Waals surface area contributed by atoms with Gasteiger partial charge in [-0.15, -0.1) is 0 Å². The minimum atomic E-state index is -0.539. The number of hydrogen-bond acceptors (Lipinski definition) is 6. The third-order valence-electron chi connectivity index (χ3n) is 6.24. The van der Waals surface area contributed by atoms with Gasteiger partial charge in [-0.2, -0.15) is 0 Å². The Hall–Kier alpha value is -3.54. The number of ether oxygens (including phenoxy) is 3. The molecule has 166 valence electrons. The van der Waals surface area contributed by atoms with Gasteiger partial charge in [0, 0.05) is 29.3 Å². The van der Waals surface area contributed by atoms with Crippen LogP contribution in [0.1, 0.15) is 42.7 Å². The van der Waals surface area contributed by atoms with Crippen molar-refractivity contribution in [3.8, 4) is 11.5 Å². The molecule has 0 unspecified atom stereocenters. The summed E-state index contributed by atoms with van der Waals surface area (Å²) in [5, 5.41) is 3.35. The van der Waals surface area contributed by atoms with Crippen molar-refractivity contribution >= 4 is 11.8 Å². The molecule has 32 heavy (non-hydrogen) atoms. The average molecular weight is 434 g/mol. The number of hydrogen-bond donors (Lipinski definition) is 1. The number of carbonyl (C=O) groups is 2. The molecule has 4 rings (SSSR count). The van der Waals surface area contributed by atoms with Crippen molar-refractivity contribution in [1.82, 2.24) is 5.32 Å². The number of dihydropyridines is 1. The predicted octanol–water partition coefficient (Wildman–Crippen LogP) is 4.24. The number of esters is 1. The Kier molecular flexibility index (Phi) is 6.04. The third-order valence-corrected chi connectivity index (χ3v) is 6.24. The summed E-state index contributed by atoms with van der Waals surface area (Å²) in [4.78, 5) is 26.3. The maximum absolute atomic E-state index is 13.5. The fraction of sp³-hybridized carbons (Fsp3) is 0.308. The Balaban J connectivity index is 1.84. The smallest absolute Gasteiger partial charge is 0.336 e. The second-order valence-corrected chi connectivity index (χ2v) is 8.03. The first-order chi connectivity index (χ1) is 15.5. The lowest BCUT2D eigenvalue weighted by molar-refractivity contribution is -0.136. The molecule has 2 aromatic carbocycles. The zero-order chi connectivity index (χ0) is 22.8. The van der Waals surface area contributed by atoms with E-state index in [0.29, 0.717) is 41.2 Å². The number of carbonyl (C=O) groups excluding carboxylic acids is 2. The van der Waals surface area contributed by atoms with Crippen LogP contribution >= 0.6 is 0 Å². The average Bonchev–Trinajstić information content (AvgIpc) is 2.82. The van der Waals surface area contributed by atoms with E-state index in [2.05, 4.69) is 17.4 Å². The molecule has 0 saturated carbocycles. The molecule has 6 nitrogen and oxygen atoms in total. The van der Waals surface area contributed by atoms with Gasteiger partial charge < -0.3 is 19.5 Å². The second-order valence-electron chi connectivity index (χ2n) is 8.03. The Morgan fingerprint density at radius 2 is 1.66 bits per heavy atom. The number of allylic oxidation sites excluding steroid dienone is 3. The summed E-state index contributed by atoms with van der Waals surface area (Å²) in [6.07, 6.45) is 1.09. The zero-order valence-electron chi connectivity index (χ0n) is 18.7. The summed E-state index contributed by atoms with van der Waals surface area (Å²) in [5.41, 5.74) is 4.53. The summed E-state index contributed by atoms with van der Waals surface area (Å²) < 4.78 is 15.9. The summed E-state index contributed by atoms with van der Waals surface area (Å²) in [5.74, 6) is 0.244. The van der Waals surface area contributed by atoms with Crippen molar-refractivity contribution in [2.24, 2.45) is 0 Å². The molecule has 0 bridgehead atoms. The van der Waals surface area contributed by atoms with Gasteiger partial charge in [0.25, 0.3) is 0 Å². The van der Waals surface area contributed by atoms with E-state index in [0.717, 1.165) is 16.8 Å². The van der Waals surface area contributed by atoms with Crippen molar-refractivity contribution in [2.75, 3.05) is 21.3 Å². The lowest BCUT2D eigenvalue weighted by Gasteiger charge is -2.36. The first kappa shape index (κ1) is 21.7. The van der Waals surface area contributed by atoms with Crippen LogP contribution in [-0.4, -0.2) is 33.1 Å². The van der Waals surface area contributed by atoms with Gasteiger partial charge in [-0.1, -0.05) is 36.4 Å². The molecule has 2 aromatic rings. The highest BCUT2D eigenvalue weighted by Crippen LogP contribution is 2.46. The Bertz CT molecular complexity index is 1120. The van der Waals surface area contributed by atoms with Crippen molar-refractivity contribution in [3.63, 3.8) is 0 Å². The Morgan fingerprint density at radius 3 is 2.31 bits per heavy atom. The van der Waals surface area contributed by atoms with Crippen molar-refractivity contribution in [1.29, 1.82) is 0 Å². The van der Waals surface area contributed by atoms with Gasteiger partial charge in [0.2, 0.25) is 0 Å². The van der Waals surface area contributed by atoms with E-state index < -0.39 is 11.9 Å². The molecule has 0 spiro atoms. The van der Waals surface area contributed by atoms with E-state index >= 15 is 0 Å². The monoisotopic (exact) mass is 433 g/mol. The normalized spacial score (nSPS) is 20.4. The van der Waals surface area contributed by atoms with E-state index in [1.54, 1.807) is 20.3 Å².